The molecular weight excluding hydrogens is 411 g/mol. The predicted octanol–water partition coefficient (Wildman–Crippen LogP) is 3.89. The van der Waals surface area contributed by atoms with Crippen molar-refractivity contribution in [2.45, 2.75) is 13.1 Å². The summed E-state index contributed by atoms with van der Waals surface area (Å²) in [7, 11) is 0. The van der Waals surface area contributed by atoms with Gasteiger partial charge in [0.25, 0.3) is 5.56 Å². The van der Waals surface area contributed by atoms with Gasteiger partial charge < -0.3 is 4.57 Å². The second-order valence-corrected chi connectivity index (χ2v) is 7.35. The number of allylic oxidation sites excluding steroid dienone is 1. The van der Waals surface area contributed by atoms with Crippen LogP contribution < -0.4 is 11.2 Å². The molecule has 0 amide bonds. The molecule has 0 radical (unpaired) electrons. The highest BCUT2D eigenvalue weighted by molar-refractivity contribution is 6.31. The van der Waals surface area contributed by atoms with Gasteiger partial charge in [-0.05, 0) is 35.9 Å². The summed E-state index contributed by atoms with van der Waals surface area (Å²) in [6.07, 6.45) is 3.06. The minimum Gasteiger partial charge on any atom is -0.320 e. The minimum atomic E-state index is -0.502. The van der Waals surface area contributed by atoms with E-state index in [0.717, 1.165) is 10.1 Å². The fraction of sp³-hybridized carbons (Fsp3) is 0.0952. The summed E-state index contributed by atoms with van der Waals surface area (Å²) in [5, 5.41) is 1.08. The molecular formula is C21H16Cl2N4O2. The lowest BCUT2D eigenvalue weighted by Crippen LogP contribution is -2.39. The Kier molecular flexibility index (Phi) is 5.13. The first-order valence-corrected chi connectivity index (χ1v) is 9.57. The Hall–Kier alpha value is -3.09. The topological polar surface area (TPSA) is 61.8 Å². The van der Waals surface area contributed by atoms with Gasteiger partial charge in [-0.1, -0.05) is 47.5 Å². The van der Waals surface area contributed by atoms with Gasteiger partial charge in [0.2, 0.25) is 0 Å². The largest absolute Gasteiger partial charge is 0.337 e. The molecule has 0 aliphatic rings. The summed E-state index contributed by atoms with van der Waals surface area (Å²) in [6, 6.07) is 14.2. The Morgan fingerprint density at radius 2 is 1.76 bits per heavy atom. The molecule has 0 fully saturated rings. The maximum atomic E-state index is 13.1. The van der Waals surface area contributed by atoms with Crippen LogP contribution in [0.15, 0.2) is 77.1 Å². The van der Waals surface area contributed by atoms with Crippen molar-refractivity contribution in [3.05, 3.63) is 104 Å². The summed E-state index contributed by atoms with van der Waals surface area (Å²) < 4.78 is 4.23. The van der Waals surface area contributed by atoms with E-state index in [4.69, 9.17) is 23.2 Å². The SMILES string of the molecule is C=CCn1c(=O)c2c(ncn2Cc2cccc(Cl)c2)n(-c2cccc(Cl)c2)c1=O. The van der Waals surface area contributed by atoms with E-state index in [-0.39, 0.29) is 12.2 Å². The van der Waals surface area contributed by atoms with E-state index < -0.39 is 11.2 Å². The summed E-state index contributed by atoms with van der Waals surface area (Å²) in [5.74, 6) is 0. The molecule has 0 atom stereocenters. The first-order valence-electron chi connectivity index (χ1n) is 8.81. The van der Waals surface area contributed by atoms with Crippen molar-refractivity contribution in [1.29, 1.82) is 0 Å². The first-order chi connectivity index (χ1) is 14.0. The van der Waals surface area contributed by atoms with E-state index >= 15 is 0 Å². The molecule has 146 valence electrons. The van der Waals surface area contributed by atoms with Crippen LogP contribution in [0, 0.1) is 0 Å². The lowest BCUT2D eigenvalue weighted by molar-refractivity contribution is 0.690. The van der Waals surface area contributed by atoms with Crippen molar-refractivity contribution in [2.24, 2.45) is 0 Å². The fourth-order valence-corrected chi connectivity index (χ4v) is 3.67. The highest BCUT2D eigenvalue weighted by atomic mass is 35.5. The van der Waals surface area contributed by atoms with Gasteiger partial charge in [0, 0.05) is 23.1 Å². The van der Waals surface area contributed by atoms with Gasteiger partial charge in [0.1, 0.15) is 0 Å². The minimum absolute atomic E-state index is 0.0799. The Morgan fingerprint density at radius 1 is 1.03 bits per heavy atom. The van der Waals surface area contributed by atoms with Crippen LogP contribution in [-0.2, 0) is 13.1 Å². The van der Waals surface area contributed by atoms with Gasteiger partial charge in [-0.15, -0.1) is 6.58 Å². The van der Waals surface area contributed by atoms with Gasteiger partial charge >= 0.3 is 5.69 Å². The summed E-state index contributed by atoms with van der Waals surface area (Å²) in [5.41, 5.74) is 1.08. The third-order valence-electron chi connectivity index (χ3n) is 4.52. The Balaban J connectivity index is 2.01. The smallest absolute Gasteiger partial charge is 0.320 e. The molecule has 0 unspecified atom stereocenters. The van der Waals surface area contributed by atoms with E-state index in [9.17, 15) is 9.59 Å². The molecule has 2 aromatic heterocycles. The average molecular weight is 427 g/mol. The van der Waals surface area contributed by atoms with E-state index in [0.29, 0.717) is 27.8 Å². The molecule has 0 spiro atoms. The first kappa shape index (κ1) is 19.2. The van der Waals surface area contributed by atoms with Gasteiger partial charge in [-0.2, -0.15) is 0 Å². The molecule has 0 aliphatic carbocycles. The number of imidazole rings is 1. The standard InChI is InChI=1S/C21H16Cl2N4O2/c1-2-9-26-20(28)18-19(27(21(26)29)17-8-4-7-16(23)11-17)24-13-25(18)12-14-5-3-6-15(22)10-14/h2-8,10-11,13H,1,9,12H2. The van der Waals surface area contributed by atoms with Crippen LogP contribution in [0.2, 0.25) is 10.0 Å². The number of fused-ring (bicyclic) bond motifs is 1. The number of benzene rings is 2. The van der Waals surface area contributed by atoms with E-state index in [2.05, 4.69) is 11.6 Å². The summed E-state index contributed by atoms with van der Waals surface area (Å²) in [6.45, 7) is 4.12. The zero-order chi connectivity index (χ0) is 20.5. The lowest BCUT2D eigenvalue weighted by atomic mass is 10.2. The van der Waals surface area contributed by atoms with Crippen molar-refractivity contribution in [1.82, 2.24) is 18.7 Å². The molecule has 8 heteroatoms. The zero-order valence-electron chi connectivity index (χ0n) is 15.3. The highest BCUT2D eigenvalue weighted by Crippen LogP contribution is 2.18. The number of hydrogen-bond donors (Lipinski definition) is 0. The number of rotatable bonds is 5. The second-order valence-electron chi connectivity index (χ2n) is 6.48. The monoisotopic (exact) mass is 426 g/mol. The fourth-order valence-electron chi connectivity index (χ4n) is 3.27. The Bertz CT molecular complexity index is 1350. The van der Waals surface area contributed by atoms with Crippen molar-refractivity contribution < 1.29 is 0 Å². The average Bonchev–Trinajstić information content (AvgIpc) is 3.09. The van der Waals surface area contributed by atoms with Crippen molar-refractivity contribution in [3.63, 3.8) is 0 Å². The van der Waals surface area contributed by atoms with Crippen LogP contribution in [0.5, 0.6) is 0 Å². The van der Waals surface area contributed by atoms with E-state index in [1.165, 1.54) is 10.6 Å². The lowest BCUT2D eigenvalue weighted by Gasteiger charge is -2.12. The maximum Gasteiger partial charge on any atom is 0.337 e. The van der Waals surface area contributed by atoms with E-state index in [1.54, 1.807) is 41.2 Å². The molecule has 4 rings (SSSR count). The molecule has 2 aromatic carbocycles. The van der Waals surface area contributed by atoms with Crippen LogP contribution in [0.3, 0.4) is 0 Å². The molecule has 6 nitrogen and oxygen atoms in total. The van der Waals surface area contributed by atoms with Crippen LogP contribution in [-0.4, -0.2) is 18.7 Å². The van der Waals surface area contributed by atoms with Crippen LogP contribution in [0.1, 0.15) is 5.56 Å². The number of halogens is 2. The summed E-state index contributed by atoms with van der Waals surface area (Å²) in [4.78, 5) is 30.6. The van der Waals surface area contributed by atoms with Crippen molar-refractivity contribution in [3.8, 4) is 5.69 Å². The Labute approximate surface area is 175 Å². The molecule has 0 saturated heterocycles. The third kappa shape index (κ3) is 3.52. The van der Waals surface area contributed by atoms with Crippen LogP contribution >= 0.6 is 23.2 Å². The molecule has 0 N–H and O–H groups in total. The second kappa shape index (κ2) is 7.73. The van der Waals surface area contributed by atoms with Gasteiger partial charge in [0.15, 0.2) is 11.2 Å². The van der Waals surface area contributed by atoms with Gasteiger partial charge in [-0.25, -0.2) is 14.3 Å². The predicted molar refractivity (Wildman–Crippen MR) is 115 cm³/mol. The number of nitrogens with zero attached hydrogens (tertiary/aromatic N) is 4. The van der Waals surface area contributed by atoms with E-state index in [1.807, 2.05) is 18.2 Å². The zero-order valence-corrected chi connectivity index (χ0v) is 16.8. The molecule has 29 heavy (non-hydrogen) atoms. The van der Waals surface area contributed by atoms with Crippen molar-refractivity contribution in [2.75, 3.05) is 0 Å². The van der Waals surface area contributed by atoms with Crippen LogP contribution in [0.4, 0.5) is 0 Å². The van der Waals surface area contributed by atoms with Gasteiger partial charge in [0.05, 0.1) is 12.0 Å². The van der Waals surface area contributed by atoms with Crippen molar-refractivity contribution >= 4 is 34.4 Å². The number of aromatic nitrogens is 4. The maximum absolute atomic E-state index is 13.1. The van der Waals surface area contributed by atoms with Gasteiger partial charge in [-0.3, -0.25) is 9.36 Å². The normalized spacial score (nSPS) is 11.1. The quantitative estimate of drug-likeness (QED) is 0.454. The molecule has 2 heterocycles. The van der Waals surface area contributed by atoms with Crippen LogP contribution in [0.25, 0.3) is 16.9 Å². The third-order valence-corrected chi connectivity index (χ3v) is 4.99. The molecule has 0 aliphatic heterocycles. The molecule has 4 aromatic rings. The summed E-state index contributed by atoms with van der Waals surface area (Å²) >= 11 is 12.2. The Morgan fingerprint density at radius 3 is 2.45 bits per heavy atom. The highest BCUT2D eigenvalue weighted by Gasteiger charge is 2.19. The number of hydrogen-bond acceptors (Lipinski definition) is 3. The molecule has 0 bridgehead atoms. The molecule has 0 saturated carbocycles.